The van der Waals surface area contributed by atoms with Crippen LogP contribution in [0.25, 0.3) is 0 Å². The van der Waals surface area contributed by atoms with Crippen LogP contribution in [0.2, 0.25) is 5.02 Å². The normalized spacial score (nSPS) is 27.9. The maximum absolute atomic E-state index is 12.7. The standard InChI is InChI=1S/C17H25ClN2O2S/c1-14-2-6-16(7-3-14)19-10-12-20(13-11-19)23(21,22)17-8-4-15(18)5-9-17/h4-5,8-9,14,16H,2-3,6-7,10-13H2,1H3/p+1. The molecule has 6 heteroatoms. The molecule has 0 amide bonds. The molecule has 1 saturated heterocycles. The number of piperazine rings is 1. The number of benzene rings is 1. The lowest BCUT2D eigenvalue weighted by Crippen LogP contribution is -3.18. The zero-order chi connectivity index (χ0) is 16.4. The highest BCUT2D eigenvalue weighted by Crippen LogP contribution is 2.23. The number of sulfonamides is 1. The zero-order valence-corrected chi connectivity index (χ0v) is 15.2. The Kier molecular flexibility index (Phi) is 5.31. The van der Waals surface area contributed by atoms with Crippen molar-refractivity contribution in [1.82, 2.24) is 4.31 Å². The summed E-state index contributed by atoms with van der Waals surface area (Å²) in [6.07, 6.45) is 5.22. The number of halogens is 1. The van der Waals surface area contributed by atoms with E-state index in [1.165, 1.54) is 25.7 Å². The van der Waals surface area contributed by atoms with Gasteiger partial charge in [0, 0.05) is 5.02 Å². The van der Waals surface area contributed by atoms with Crippen LogP contribution < -0.4 is 4.90 Å². The number of hydrogen-bond donors (Lipinski definition) is 1. The molecule has 1 aromatic carbocycles. The van der Waals surface area contributed by atoms with E-state index in [1.807, 2.05) is 0 Å². The van der Waals surface area contributed by atoms with Gasteiger partial charge in [0.15, 0.2) is 0 Å². The smallest absolute Gasteiger partial charge is 0.243 e. The number of rotatable bonds is 3. The summed E-state index contributed by atoms with van der Waals surface area (Å²) in [6, 6.07) is 7.20. The maximum Gasteiger partial charge on any atom is 0.243 e. The minimum Gasteiger partial charge on any atom is -0.330 e. The predicted molar refractivity (Wildman–Crippen MR) is 92.3 cm³/mol. The summed E-state index contributed by atoms with van der Waals surface area (Å²) in [7, 11) is -3.38. The van der Waals surface area contributed by atoms with Crippen molar-refractivity contribution in [2.75, 3.05) is 26.2 Å². The molecule has 0 atom stereocenters. The average Bonchev–Trinajstić information content (AvgIpc) is 2.56. The van der Waals surface area contributed by atoms with E-state index in [0.29, 0.717) is 23.0 Å². The molecule has 0 radical (unpaired) electrons. The van der Waals surface area contributed by atoms with Crippen molar-refractivity contribution in [3.63, 3.8) is 0 Å². The molecule has 2 aliphatic rings. The molecular formula is C17H26ClN2O2S+. The monoisotopic (exact) mass is 357 g/mol. The Balaban J connectivity index is 1.61. The lowest BCUT2D eigenvalue weighted by Gasteiger charge is -2.38. The summed E-state index contributed by atoms with van der Waals surface area (Å²) in [4.78, 5) is 1.94. The van der Waals surface area contributed by atoms with Crippen molar-refractivity contribution in [2.24, 2.45) is 5.92 Å². The van der Waals surface area contributed by atoms with Crippen LogP contribution in [0.5, 0.6) is 0 Å². The van der Waals surface area contributed by atoms with Crippen LogP contribution in [0.3, 0.4) is 0 Å². The Morgan fingerprint density at radius 2 is 1.61 bits per heavy atom. The van der Waals surface area contributed by atoms with Gasteiger partial charge in [-0.15, -0.1) is 0 Å². The van der Waals surface area contributed by atoms with Crippen LogP contribution >= 0.6 is 11.6 Å². The predicted octanol–water partition coefficient (Wildman–Crippen LogP) is 1.81. The second-order valence-electron chi connectivity index (χ2n) is 6.97. The van der Waals surface area contributed by atoms with Gasteiger partial charge in [0.2, 0.25) is 10.0 Å². The van der Waals surface area contributed by atoms with E-state index in [-0.39, 0.29) is 0 Å². The van der Waals surface area contributed by atoms with E-state index in [4.69, 9.17) is 11.6 Å². The highest BCUT2D eigenvalue weighted by atomic mass is 35.5. The molecule has 0 unspecified atom stereocenters. The second-order valence-corrected chi connectivity index (χ2v) is 9.35. The minimum atomic E-state index is -3.38. The molecule has 1 heterocycles. The first-order valence-electron chi connectivity index (χ1n) is 8.57. The molecular weight excluding hydrogens is 332 g/mol. The van der Waals surface area contributed by atoms with Crippen molar-refractivity contribution < 1.29 is 13.3 Å². The quantitative estimate of drug-likeness (QED) is 0.896. The molecule has 3 rings (SSSR count). The summed E-state index contributed by atoms with van der Waals surface area (Å²) in [5.74, 6) is 0.859. The third-order valence-corrected chi connectivity index (χ3v) is 7.57. The van der Waals surface area contributed by atoms with Gasteiger partial charge in [-0.2, -0.15) is 4.31 Å². The lowest BCUT2D eigenvalue weighted by atomic mass is 9.86. The third kappa shape index (κ3) is 3.90. The number of nitrogens with one attached hydrogen (secondary N) is 1. The topological polar surface area (TPSA) is 41.8 Å². The fourth-order valence-corrected chi connectivity index (χ4v) is 5.41. The number of nitrogens with zero attached hydrogens (tertiary/aromatic N) is 1. The van der Waals surface area contributed by atoms with Gasteiger partial charge in [-0.3, -0.25) is 0 Å². The second kappa shape index (κ2) is 7.09. The summed E-state index contributed by atoms with van der Waals surface area (Å²) >= 11 is 5.85. The van der Waals surface area contributed by atoms with Crippen molar-refractivity contribution in [2.45, 2.75) is 43.5 Å². The molecule has 23 heavy (non-hydrogen) atoms. The molecule has 128 valence electrons. The summed E-state index contributed by atoms with van der Waals surface area (Å²) in [5, 5.41) is 0.560. The molecule has 0 aromatic heterocycles. The molecule has 4 nitrogen and oxygen atoms in total. The minimum absolute atomic E-state index is 0.344. The lowest BCUT2D eigenvalue weighted by molar-refractivity contribution is -0.930. The van der Waals surface area contributed by atoms with Crippen molar-refractivity contribution >= 4 is 21.6 Å². The van der Waals surface area contributed by atoms with Crippen molar-refractivity contribution in [1.29, 1.82) is 0 Å². The van der Waals surface area contributed by atoms with Crippen LogP contribution in [0, 0.1) is 5.92 Å². The number of quaternary nitrogens is 1. The van der Waals surface area contributed by atoms with Crippen LogP contribution in [-0.2, 0) is 10.0 Å². The Hall–Kier alpha value is -0.620. The van der Waals surface area contributed by atoms with Crippen LogP contribution in [0.15, 0.2) is 29.2 Å². The van der Waals surface area contributed by atoms with E-state index in [2.05, 4.69) is 6.92 Å². The molecule has 1 aromatic rings. The largest absolute Gasteiger partial charge is 0.330 e. The first-order valence-corrected chi connectivity index (χ1v) is 10.4. The molecule has 1 N–H and O–H groups in total. The van der Waals surface area contributed by atoms with Crippen molar-refractivity contribution in [3.8, 4) is 0 Å². The van der Waals surface area contributed by atoms with E-state index in [1.54, 1.807) is 33.5 Å². The fourth-order valence-electron chi connectivity index (χ4n) is 3.85. The third-order valence-electron chi connectivity index (χ3n) is 5.41. The first kappa shape index (κ1) is 17.2. The van der Waals surface area contributed by atoms with E-state index in [9.17, 15) is 8.42 Å². The van der Waals surface area contributed by atoms with Gasteiger partial charge in [-0.05, 0) is 55.9 Å². The fraction of sp³-hybridized carbons (Fsp3) is 0.647. The maximum atomic E-state index is 12.7. The number of hydrogen-bond acceptors (Lipinski definition) is 2. The Labute approximate surface area is 144 Å². The summed E-state index contributed by atoms with van der Waals surface area (Å²) in [5.41, 5.74) is 0. The molecule has 0 bridgehead atoms. The van der Waals surface area contributed by atoms with Gasteiger partial charge in [-0.25, -0.2) is 8.42 Å². The highest BCUT2D eigenvalue weighted by Gasteiger charge is 2.34. The van der Waals surface area contributed by atoms with Gasteiger partial charge in [0.25, 0.3) is 0 Å². The molecule has 2 fully saturated rings. The molecule has 0 spiro atoms. The average molecular weight is 358 g/mol. The van der Waals surface area contributed by atoms with Gasteiger partial charge in [0.1, 0.15) is 0 Å². The van der Waals surface area contributed by atoms with Gasteiger partial charge < -0.3 is 4.90 Å². The molecule has 1 saturated carbocycles. The van der Waals surface area contributed by atoms with E-state index < -0.39 is 10.0 Å². The van der Waals surface area contributed by atoms with Crippen LogP contribution in [0.1, 0.15) is 32.6 Å². The highest BCUT2D eigenvalue weighted by molar-refractivity contribution is 7.89. The van der Waals surface area contributed by atoms with Gasteiger partial charge in [0.05, 0.1) is 37.1 Å². The Morgan fingerprint density at radius 3 is 2.17 bits per heavy atom. The van der Waals surface area contributed by atoms with Gasteiger partial charge >= 0.3 is 0 Å². The Morgan fingerprint density at radius 1 is 1.04 bits per heavy atom. The van der Waals surface area contributed by atoms with Crippen LogP contribution in [0.4, 0.5) is 0 Å². The van der Waals surface area contributed by atoms with Gasteiger partial charge in [-0.1, -0.05) is 18.5 Å². The van der Waals surface area contributed by atoms with E-state index >= 15 is 0 Å². The molecule has 1 aliphatic heterocycles. The first-order chi connectivity index (χ1) is 11.0. The zero-order valence-electron chi connectivity index (χ0n) is 13.7. The van der Waals surface area contributed by atoms with Crippen molar-refractivity contribution in [3.05, 3.63) is 29.3 Å². The van der Waals surface area contributed by atoms with Crippen LogP contribution in [-0.4, -0.2) is 44.9 Å². The SMILES string of the molecule is CC1CCC([NH+]2CCN(S(=O)(=O)c3ccc(Cl)cc3)CC2)CC1. The summed E-state index contributed by atoms with van der Waals surface area (Å²) in [6.45, 7) is 5.42. The molecule has 1 aliphatic carbocycles. The Bertz CT molecular complexity index is 616. The summed E-state index contributed by atoms with van der Waals surface area (Å²) < 4.78 is 27.0. The van der Waals surface area contributed by atoms with E-state index in [0.717, 1.165) is 25.0 Å².